The summed E-state index contributed by atoms with van der Waals surface area (Å²) in [4.78, 5) is 12.5. The molecule has 0 aliphatic carbocycles. The van der Waals surface area contributed by atoms with Gasteiger partial charge in [0.1, 0.15) is 19.0 Å². The Morgan fingerprint density at radius 1 is 1.19 bits per heavy atom. The Balaban J connectivity index is 2.10. The number of benzene rings is 2. The molecule has 0 saturated carbocycles. The Bertz CT molecular complexity index is 713. The molecule has 21 heavy (non-hydrogen) atoms. The number of hydrogen-bond donors (Lipinski definition) is 0. The molecule has 1 aliphatic heterocycles. The van der Waals surface area contributed by atoms with E-state index < -0.39 is 11.6 Å². The van der Waals surface area contributed by atoms with Gasteiger partial charge < -0.3 is 9.47 Å². The standard InChI is InChI=1S/C15H9BrClFO3/c16-9-7-13-12(20-4-5-21-13)6-8(9)15(19)14-10(17)2-1-3-11(14)18/h1-3,6-7H,4-5H2. The van der Waals surface area contributed by atoms with E-state index in [1.54, 1.807) is 6.07 Å². The molecule has 1 heterocycles. The monoisotopic (exact) mass is 370 g/mol. The second-order valence-corrected chi connectivity index (χ2v) is 5.66. The van der Waals surface area contributed by atoms with Gasteiger partial charge in [0, 0.05) is 10.0 Å². The Kier molecular flexibility index (Phi) is 3.87. The van der Waals surface area contributed by atoms with Gasteiger partial charge in [0.2, 0.25) is 0 Å². The predicted octanol–water partition coefficient (Wildman–Crippen LogP) is 4.24. The van der Waals surface area contributed by atoms with Gasteiger partial charge in [-0.05, 0) is 40.2 Å². The Labute approximate surface area is 133 Å². The molecule has 3 rings (SSSR count). The topological polar surface area (TPSA) is 35.5 Å². The highest BCUT2D eigenvalue weighted by molar-refractivity contribution is 9.10. The lowest BCUT2D eigenvalue weighted by molar-refractivity contribution is 0.103. The SMILES string of the molecule is O=C(c1cc2c(cc1Br)OCCO2)c1c(F)cccc1Cl. The third kappa shape index (κ3) is 2.63. The van der Waals surface area contributed by atoms with Crippen LogP contribution in [0.5, 0.6) is 11.5 Å². The van der Waals surface area contributed by atoms with E-state index in [1.807, 2.05) is 0 Å². The van der Waals surface area contributed by atoms with Crippen molar-refractivity contribution in [1.29, 1.82) is 0 Å². The van der Waals surface area contributed by atoms with Crippen LogP contribution in [0.15, 0.2) is 34.8 Å². The number of ether oxygens (including phenoxy) is 2. The van der Waals surface area contributed by atoms with Crippen molar-refractivity contribution < 1.29 is 18.7 Å². The van der Waals surface area contributed by atoms with Crippen LogP contribution in [-0.4, -0.2) is 19.0 Å². The molecule has 0 amide bonds. The van der Waals surface area contributed by atoms with Crippen molar-refractivity contribution in [2.45, 2.75) is 0 Å². The van der Waals surface area contributed by atoms with Crippen molar-refractivity contribution in [1.82, 2.24) is 0 Å². The predicted molar refractivity (Wildman–Crippen MR) is 80.0 cm³/mol. The molecule has 0 atom stereocenters. The summed E-state index contributed by atoms with van der Waals surface area (Å²) < 4.78 is 25.2. The molecule has 3 nitrogen and oxygen atoms in total. The van der Waals surface area contributed by atoms with Crippen LogP contribution in [0.2, 0.25) is 5.02 Å². The first-order chi connectivity index (χ1) is 10.1. The number of carbonyl (C=O) groups is 1. The third-order valence-electron chi connectivity index (χ3n) is 3.07. The van der Waals surface area contributed by atoms with Crippen LogP contribution in [0.1, 0.15) is 15.9 Å². The van der Waals surface area contributed by atoms with E-state index in [-0.39, 0.29) is 16.1 Å². The number of halogens is 3. The Morgan fingerprint density at radius 2 is 1.86 bits per heavy atom. The zero-order valence-corrected chi connectivity index (χ0v) is 13.0. The molecule has 0 fully saturated rings. The minimum atomic E-state index is -0.658. The molecule has 0 aromatic heterocycles. The molecule has 1 aliphatic rings. The van der Waals surface area contributed by atoms with Gasteiger partial charge in [0.15, 0.2) is 17.3 Å². The van der Waals surface area contributed by atoms with Crippen molar-refractivity contribution in [3.63, 3.8) is 0 Å². The van der Waals surface area contributed by atoms with Crippen molar-refractivity contribution in [2.24, 2.45) is 0 Å². The minimum Gasteiger partial charge on any atom is -0.486 e. The van der Waals surface area contributed by atoms with Crippen LogP contribution in [0.25, 0.3) is 0 Å². The van der Waals surface area contributed by atoms with Gasteiger partial charge in [-0.2, -0.15) is 0 Å². The van der Waals surface area contributed by atoms with Crippen molar-refractivity contribution in [3.05, 3.63) is 56.8 Å². The number of rotatable bonds is 2. The van der Waals surface area contributed by atoms with Crippen molar-refractivity contribution >= 4 is 33.3 Å². The molecule has 0 N–H and O–H groups in total. The average molecular weight is 372 g/mol. The van der Waals surface area contributed by atoms with E-state index in [1.165, 1.54) is 24.3 Å². The van der Waals surface area contributed by atoms with Gasteiger partial charge in [-0.15, -0.1) is 0 Å². The number of hydrogen-bond acceptors (Lipinski definition) is 3. The summed E-state index contributed by atoms with van der Waals surface area (Å²) in [7, 11) is 0. The van der Waals surface area contributed by atoms with E-state index in [9.17, 15) is 9.18 Å². The summed E-state index contributed by atoms with van der Waals surface area (Å²) in [6.45, 7) is 0.856. The third-order valence-corrected chi connectivity index (χ3v) is 4.04. The molecule has 0 saturated heterocycles. The van der Waals surface area contributed by atoms with Crippen LogP contribution in [0.3, 0.4) is 0 Å². The van der Waals surface area contributed by atoms with Gasteiger partial charge in [-0.3, -0.25) is 4.79 Å². The Hall–Kier alpha value is -1.59. The highest BCUT2D eigenvalue weighted by Gasteiger charge is 2.23. The van der Waals surface area contributed by atoms with Crippen molar-refractivity contribution in [3.8, 4) is 11.5 Å². The second kappa shape index (κ2) is 5.66. The van der Waals surface area contributed by atoms with Gasteiger partial charge in [0.25, 0.3) is 0 Å². The summed E-state index contributed by atoms with van der Waals surface area (Å²) in [5.74, 6) is -0.166. The summed E-state index contributed by atoms with van der Waals surface area (Å²) in [5, 5.41) is 0.0711. The zero-order valence-electron chi connectivity index (χ0n) is 10.7. The molecule has 0 radical (unpaired) electrons. The van der Waals surface area contributed by atoms with Crippen LogP contribution in [0.4, 0.5) is 4.39 Å². The normalized spacial score (nSPS) is 13.1. The number of fused-ring (bicyclic) bond motifs is 1. The lowest BCUT2D eigenvalue weighted by atomic mass is 10.0. The quantitative estimate of drug-likeness (QED) is 0.741. The van der Waals surface area contributed by atoms with Crippen LogP contribution in [-0.2, 0) is 0 Å². The van der Waals surface area contributed by atoms with E-state index in [0.717, 1.165) is 0 Å². The fourth-order valence-electron chi connectivity index (χ4n) is 2.09. The summed E-state index contributed by atoms with van der Waals surface area (Å²) >= 11 is 9.24. The van der Waals surface area contributed by atoms with Crippen molar-refractivity contribution in [2.75, 3.05) is 13.2 Å². The van der Waals surface area contributed by atoms with Gasteiger partial charge in [-0.1, -0.05) is 17.7 Å². The first-order valence-electron chi connectivity index (χ1n) is 6.16. The molecular weight excluding hydrogens is 363 g/mol. The maximum Gasteiger partial charge on any atom is 0.198 e. The van der Waals surface area contributed by atoms with Crippen LogP contribution in [0, 0.1) is 5.82 Å². The maximum atomic E-state index is 13.9. The number of carbonyl (C=O) groups excluding carboxylic acids is 1. The second-order valence-electron chi connectivity index (χ2n) is 4.40. The molecule has 0 unspecified atom stereocenters. The summed E-state index contributed by atoms with van der Waals surface area (Å²) in [5.41, 5.74) is 0.114. The largest absolute Gasteiger partial charge is 0.486 e. The molecular formula is C15H9BrClFO3. The summed E-state index contributed by atoms with van der Waals surface area (Å²) in [6.07, 6.45) is 0. The lowest BCUT2D eigenvalue weighted by Crippen LogP contribution is -2.16. The molecule has 2 aromatic rings. The van der Waals surface area contributed by atoms with Crippen LogP contribution < -0.4 is 9.47 Å². The first kappa shape index (κ1) is 14.4. The molecule has 0 bridgehead atoms. The fourth-order valence-corrected chi connectivity index (χ4v) is 2.84. The van der Waals surface area contributed by atoms with E-state index in [2.05, 4.69) is 15.9 Å². The maximum absolute atomic E-state index is 13.9. The molecule has 0 spiro atoms. The first-order valence-corrected chi connectivity index (χ1v) is 7.33. The smallest absolute Gasteiger partial charge is 0.198 e. The minimum absolute atomic E-state index is 0.0711. The fraction of sp³-hybridized carbons (Fsp3) is 0.133. The summed E-state index contributed by atoms with van der Waals surface area (Å²) in [6, 6.07) is 7.29. The van der Waals surface area contributed by atoms with Gasteiger partial charge >= 0.3 is 0 Å². The van der Waals surface area contributed by atoms with Crippen LogP contribution >= 0.6 is 27.5 Å². The van der Waals surface area contributed by atoms with Gasteiger partial charge in [0.05, 0.1) is 10.6 Å². The molecule has 2 aromatic carbocycles. The zero-order chi connectivity index (χ0) is 15.0. The van der Waals surface area contributed by atoms with E-state index >= 15 is 0 Å². The van der Waals surface area contributed by atoms with E-state index in [4.69, 9.17) is 21.1 Å². The highest BCUT2D eigenvalue weighted by Crippen LogP contribution is 2.37. The Morgan fingerprint density at radius 3 is 2.52 bits per heavy atom. The van der Waals surface area contributed by atoms with Gasteiger partial charge in [-0.25, -0.2) is 4.39 Å². The lowest BCUT2D eigenvalue weighted by Gasteiger charge is -2.19. The molecule has 6 heteroatoms. The molecule has 108 valence electrons. The number of ketones is 1. The van der Waals surface area contributed by atoms with E-state index in [0.29, 0.717) is 29.2 Å². The average Bonchev–Trinajstić information content (AvgIpc) is 2.46. The highest BCUT2D eigenvalue weighted by atomic mass is 79.9.